The zero-order valence-electron chi connectivity index (χ0n) is 15.8. The van der Waals surface area contributed by atoms with Gasteiger partial charge in [0, 0.05) is 26.7 Å². The van der Waals surface area contributed by atoms with E-state index in [9.17, 15) is 14.4 Å². The van der Waals surface area contributed by atoms with Gasteiger partial charge in [-0.25, -0.2) is 0 Å². The van der Waals surface area contributed by atoms with Gasteiger partial charge in [-0.3, -0.25) is 14.4 Å². The van der Waals surface area contributed by atoms with Gasteiger partial charge in [0.25, 0.3) is 0 Å². The number of hydrogen-bond donors (Lipinski definition) is 0. The summed E-state index contributed by atoms with van der Waals surface area (Å²) >= 11 is 0. The molecule has 1 aliphatic carbocycles. The SMILES string of the molecule is CC(=O)OCC12CCC=C(C)C(=O)CC3(CC1O2)OC3(C)COC(C)=O. The van der Waals surface area contributed by atoms with Crippen molar-refractivity contribution in [3.8, 4) is 0 Å². The zero-order valence-corrected chi connectivity index (χ0v) is 15.8. The lowest BCUT2D eigenvalue weighted by Gasteiger charge is -2.19. The van der Waals surface area contributed by atoms with Crippen molar-refractivity contribution in [2.45, 2.75) is 76.3 Å². The van der Waals surface area contributed by atoms with Crippen LogP contribution in [0.25, 0.3) is 0 Å². The molecule has 0 aromatic heterocycles. The second-order valence-corrected chi connectivity index (χ2v) is 7.79. The van der Waals surface area contributed by atoms with Crippen molar-refractivity contribution >= 4 is 17.7 Å². The summed E-state index contributed by atoms with van der Waals surface area (Å²) in [5.41, 5.74) is -1.28. The van der Waals surface area contributed by atoms with E-state index in [1.165, 1.54) is 13.8 Å². The Morgan fingerprint density at radius 3 is 2.54 bits per heavy atom. The van der Waals surface area contributed by atoms with Gasteiger partial charge >= 0.3 is 11.9 Å². The average molecular weight is 366 g/mol. The average Bonchev–Trinajstić information content (AvgIpc) is 3.38. The fraction of sp³-hybridized carbons (Fsp3) is 0.737. The summed E-state index contributed by atoms with van der Waals surface area (Å²) in [5, 5.41) is 0. The molecule has 2 heterocycles. The van der Waals surface area contributed by atoms with Crippen LogP contribution in [0.5, 0.6) is 0 Å². The van der Waals surface area contributed by atoms with Gasteiger partial charge in [0.15, 0.2) is 5.78 Å². The number of hydrogen-bond acceptors (Lipinski definition) is 7. The molecule has 2 saturated heterocycles. The number of ketones is 1. The first-order chi connectivity index (χ1) is 12.1. The Morgan fingerprint density at radius 1 is 1.23 bits per heavy atom. The molecular weight excluding hydrogens is 340 g/mol. The molecule has 4 atom stereocenters. The molecule has 0 radical (unpaired) electrons. The Morgan fingerprint density at radius 2 is 1.88 bits per heavy atom. The van der Waals surface area contributed by atoms with E-state index in [0.717, 1.165) is 0 Å². The summed E-state index contributed by atoms with van der Waals surface area (Å²) in [5.74, 6) is -0.694. The van der Waals surface area contributed by atoms with Crippen LogP contribution in [-0.2, 0) is 33.3 Å². The number of fused-ring (bicyclic) bond motifs is 1. The van der Waals surface area contributed by atoms with Gasteiger partial charge < -0.3 is 18.9 Å². The molecule has 0 N–H and O–H groups in total. The van der Waals surface area contributed by atoms with E-state index in [1.807, 2.05) is 13.0 Å². The third-order valence-corrected chi connectivity index (χ3v) is 5.74. The van der Waals surface area contributed by atoms with Crippen LogP contribution >= 0.6 is 0 Å². The van der Waals surface area contributed by atoms with Crippen molar-refractivity contribution in [2.75, 3.05) is 13.2 Å². The second kappa shape index (κ2) is 6.46. The lowest BCUT2D eigenvalue weighted by molar-refractivity contribution is -0.143. The third-order valence-electron chi connectivity index (χ3n) is 5.74. The fourth-order valence-corrected chi connectivity index (χ4v) is 3.82. The minimum absolute atomic E-state index is 0.0321. The minimum Gasteiger partial charge on any atom is -0.463 e. The largest absolute Gasteiger partial charge is 0.463 e. The highest BCUT2D eigenvalue weighted by Gasteiger charge is 2.72. The molecule has 1 spiro atoms. The molecule has 3 rings (SSSR count). The zero-order chi connectivity index (χ0) is 19.2. The lowest BCUT2D eigenvalue weighted by atomic mass is 9.81. The summed E-state index contributed by atoms with van der Waals surface area (Å²) in [6.45, 7) is 6.67. The molecule has 3 aliphatic rings. The Hall–Kier alpha value is -1.73. The monoisotopic (exact) mass is 366 g/mol. The van der Waals surface area contributed by atoms with E-state index in [1.54, 1.807) is 6.92 Å². The van der Waals surface area contributed by atoms with Crippen molar-refractivity contribution in [1.29, 1.82) is 0 Å². The van der Waals surface area contributed by atoms with Crippen LogP contribution in [0.1, 0.15) is 53.4 Å². The second-order valence-electron chi connectivity index (χ2n) is 7.79. The number of Topliss-reactive ketones (excluding diaryl/α,β-unsaturated/α-hetero) is 1. The van der Waals surface area contributed by atoms with Crippen LogP contribution < -0.4 is 0 Å². The molecule has 26 heavy (non-hydrogen) atoms. The Bertz CT molecular complexity index is 669. The summed E-state index contributed by atoms with van der Waals surface area (Å²) < 4.78 is 22.3. The van der Waals surface area contributed by atoms with Crippen LogP contribution in [0.15, 0.2) is 11.6 Å². The van der Waals surface area contributed by atoms with Gasteiger partial charge in [0.05, 0.1) is 6.10 Å². The molecule has 0 amide bonds. The Labute approximate surface area is 153 Å². The quantitative estimate of drug-likeness (QED) is 0.554. The number of carbonyl (C=O) groups excluding carboxylic acids is 3. The van der Waals surface area contributed by atoms with E-state index in [2.05, 4.69) is 0 Å². The van der Waals surface area contributed by atoms with Gasteiger partial charge in [-0.1, -0.05) is 6.08 Å². The molecular formula is C19H26O7. The van der Waals surface area contributed by atoms with E-state index < -0.39 is 16.8 Å². The molecule has 144 valence electrons. The van der Waals surface area contributed by atoms with Crippen molar-refractivity contribution < 1.29 is 33.3 Å². The number of rotatable bonds is 4. The maximum absolute atomic E-state index is 12.6. The first kappa shape index (κ1) is 19.0. The normalized spacial score (nSPS) is 38.8. The molecule has 0 aromatic rings. The van der Waals surface area contributed by atoms with Crippen molar-refractivity contribution in [3.05, 3.63) is 11.6 Å². The molecule has 7 heteroatoms. The van der Waals surface area contributed by atoms with Crippen LogP contribution in [0.3, 0.4) is 0 Å². The predicted molar refractivity (Wildman–Crippen MR) is 90.3 cm³/mol. The van der Waals surface area contributed by atoms with Gasteiger partial charge in [-0.15, -0.1) is 0 Å². The Kier molecular flexibility index (Phi) is 4.73. The summed E-state index contributed by atoms with van der Waals surface area (Å²) in [6.07, 6.45) is 3.84. The third kappa shape index (κ3) is 3.55. The van der Waals surface area contributed by atoms with Gasteiger partial charge in [-0.05, 0) is 32.3 Å². The Balaban J connectivity index is 1.79. The number of esters is 2. The highest BCUT2D eigenvalue weighted by atomic mass is 16.7. The van der Waals surface area contributed by atoms with Crippen molar-refractivity contribution in [1.82, 2.24) is 0 Å². The molecule has 7 nitrogen and oxygen atoms in total. The summed E-state index contributed by atoms with van der Waals surface area (Å²) in [7, 11) is 0. The number of carbonyl (C=O) groups is 3. The van der Waals surface area contributed by atoms with Crippen LogP contribution in [0.2, 0.25) is 0 Å². The van der Waals surface area contributed by atoms with Crippen LogP contribution in [-0.4, -0.2) is 53.8 Å². The first-order valence-electron chi connectivity index (χ1n) is 8.96. The van der Waals surface area contributed by atoms with E-state index in [4.69, 9.17) is 18.9 Å². The highest BCUT2D eigenvalue weighted by molar-refractivity contribution is 5.95. The molecule has 0 aromatic carbocycles. The summed E-state index contributed by atoms with van der Waals surface area (Å²) in [6, 6.07) is 0. The number of epoxide rings is 2. The summed E-state index contributed by atoms with van der Waals surface area (Å²) in [4.78, 5) is 34.9. The maximum Gasteiger partial charge on any atom is 0.302 e. The fourth-order valence-electron chi connectivity index (χ4n) is 3.82. The molecule has 2 aliphatic heterocycles. The standard InChI is InChI=1S/C19H26O7/c1-12-6-5-7-18(11-24-14(3)21)16(25-18)9-19(8-15(12)22)17(4,26-19)10-23-13(2)20/h6,16H,5,7-11H2,1-4H3. The van der Waals surface area contributed by atoms with Crippen molar-refractivity contribution in [2.24, 2.45) is 0 Å². The predicted octanol–water partition coefficient (Wildman–Crippen LogP) is 1.87. The topological polar surface area (TPSA) is 94.7 Å². The minimum atomic E-state index is -0.728. The smallest absolute Gasteiger partial charge is 0.302 e. The van der Waals surface area contributed by atoms with E-state index in [-0.39, 0.29) is 43.5 Å². The van der Waals surface area contributed by atoms with Gasteiger partial charge in [0.1, 0.15) is 30.0 Å². The first-order valence-corrected chi connectivity index (χ1v) is 8.96. The van der Waals surface area contributed by atoms with Crippen molar-refractivity contribution in [3.63, 3.8) is 0 Å². The molecule has 2 fully saturated rings. The van der Waals surface area contributed by atoms with E-state index in [0.29, 0.717) is 24.8 Å². The molecule has 0 saturated carbocycles. The highest BCUT2D eigenvalue weighted by Crippen LogP contribution is 2.59. The van der Waals surface area contributed by atoms with Gasteiger partial charge in [-0.2, -0.15) is 0 Å². The maximum atomic E-state index is 12.6. The number of ether oxygens (including phenoxy) is 4. The molecule has 4 unspecified atom stereocenters. The van der Waals surface area contributed by atoms with Gasteiger partial charge in [0.2, 0.25) is 0 Å². The van der Waals surface area contributed by atoms with Crippen LogP contribution in [0.4, 0.5) is 0 Å². The van der Waals surface area contributed by atoms with Crippen LogP contribution in [0, 0.1) is 0 Å². The lowest BCUT2D eigenvalue weighted by Crippen LogP contribution is -2.35. The number of allylic oxidation sites excluding steroid dienone is 2. The molecule has 0 bridgehead atoms. The van der Waals surface area contributed by atoms with E-state index >= 15 is 0 Å².